The van der Waals surface area contributed by atoms with Crippen molar-refractivity contribution in [3.05, 3.63) is 69.5 Å². The Bertz CT molecular complexity index is 949. The van der Waals surface area contributed by atoms with Crippen LogP contribution in [-0.4, -0.2) is 18.2 Å². The van der Waals surface area contributed by atoms with Gasteiger partial charge in [0.1, 0.15) is 23.9 Å². The van der Waals surface area contributed by atoms with Crippen molar-refractivity contribution in [1.82, 2.24) is 5.16 Å². The third kappa shape index (κ3) is 4.49. The highest BCUT2D eigenvalue weighted by Crippen LogP contribution is 2.28. The highest BCUT2D eigenvalue weighted by molar-refractivity contribution is 9.10. The number of hydrogen-bond donors (Lipinski definition) is 1. The molecular weight excluding hydrogens is 412 g/mol. The Labute approximate surface area is 165 Å². The van der Waals surface area contributed by atoms with E-state index in [0.717, 1.165) is 21.5 Å². The molecule has 1 amide bonds. The van der Waals surface area contributed by atoms with E-state index < -0.39 is 0 Å². The van der Waals surface area contributed by atoms with Gasteiger partial charge in [-0.15, -0.1) is 0 Å². The lowest BCUT2D eigenvalue weighted by Gasteiger charge is -2.11. The maximum atomic E-state index is 12.6. The van der Waals surface area contributed by atoms with Gasteiger partial charge in [-0.05, 0) is 50.2 Å². The van der Waals surface area contributed by atoms with Gasteiger partial charge in [0.2, 0.25) is 0 Å². The molecule has 0 saturated heterocycles. The van der Waals surface area contributed by atoms with Crippen LogP contribution >= 0.6 is 15.9 Å². The van der Waals surface area contributed by atoms with Crippen LogP contribution in [0.5, 0.6) is 11.5 Å². The van der Waals surface area contributed by atoms with Gasteiger partial charge in [-0.2, -0.15) is 0 Å². The number of aromatic nitrogens is 1. The van der Waals surface area contributed by atoms with Gasteiger partial charge < -0.3 is 19.3 Å². The monoisotopic (exact) mass is 430 g/mol. The Morgan fingerprint density at radius 2 is 2.04 bits per heavy atom. The zero-order valence-corrected chi connectivity index (χ0v) is 16.8. The van der Waals surface area contributed by atoms with E-state index in [1.54, 1.807) is 43.5 Å². The van der Waals surface area contributed by atoms with E-state index >= 15 is 0 Å². The van der Waals surface area contributed by atoms with E-state index in [9.17, 15) is 4.79 Å². The first-order valence-electron chi connectivity index (χ1n) is 8.27. The first-order valence-corrected chi connectivity index (χ1v) is 9.06. The van der Waals surface area contributed by atoms with Crippen LogP contribution in [0.3, 0.4) is 0 Å². The summed E-state index contributed by atoms with van der Waals surface area (Å²) in [4.78, 5) is 12.6. The number of hydrogen-bond acceptors (Lipinski definition) is 5. The molecule has 0 atom stereocenters. The first-order chi connectivity index (χ1) is 13.0. The van der Waals surface area contributed by atoms with Crippen LogP contribution < -0.4 is 14.8 Å². The maximum Gasteiger partial charge on any atom is 0.255 e. The topological polar surface area (TPSA) is 73.6 Å². The number of nitrogens with one attached hydrogen (secondary N) is 1. The molecule has 1 aromatic heterocycles. The number of nitrogens with zero attached hydrogens (tertiary/aromatic N) is 1. The number of halogens is 1. The lowest BCUT2D eigenvalue weighted by Crippen LogP contribution is -2.13. The summed E-state index contributed by atoms with van der Waals surface area (Å²) in [6.07, 6.45) is 0. The van der Waals surface area contributed by atoms with Gasteiger partial charge in [0.05, 0.1) is 24.1 Å². The van der Waals surface area contributed by atoms with Gasteiger partial charge in [0.25, 0.3) is 5.91 Å². The predicted molar refractivity (Wildman–Crippen MR) is 105 cm³/mol. The second-order valence-corrected chi connectivity index (χ2v) is 6.83. The zero-order valence-electron chi connectivity index (χ0n) is 15.2. The Kier molecular flexibility index (Phi) is 5.81. The molecule has 0 bridgehead atoms. The molecule has 1 heterocycles. The second kappa shape index (κ2) is 8.26. The van der Waals surface area contributed by atoms with Crippen molar-refractivity contribution < 1.29 is 18.8 Å². The van der Waals surface area contributed by atoms with Crippen molar-refractivity contribution in [2.75, 3.05) is 12.4 Å². The predicted octanol–water partition coefficient (Wildman–Crippen LogP) is 4.89. The smallest absolute Gasteiger partial charge is 0.255 e. The fraction of sp³-hybridized carbons (Fsp3) is 0.200. The quantitative estimate of drug-likeness (QED) is 0.602. The van der Waals surface area contributed by atoms with Crippen molar-refractivity contribution >= 4 is 27.5 Å². The molecule has 6 nitrogen and oxygen atoms in total. The molecule has 0 unspecified atom stereocenters. The number of benzene rings is 2. The van der Waals surface area contributed by atoms with Crippen LogP contribution in [0.4, 0.5) is 5.69 Å². The molecule has 0 aliphatic heterocycles. The highest BCUT2D eigenvalue weighted by atomic mass is 79.9. The summed E-state index contributed by atoms with van der Waals surface area (Å²) < 4.78 is 17.1. The summed E-state index contributed by atoms with van der Waals surface area (Å²) in [7, 11) is 1.56. The Hall–Kier alpha value is -2.80. The zero-order chi connectivity index (χ0) is 19.4. The third-order valence-electron chi connectivity index (χ3n) is 4.07. The molecule has 0 radical (unpaired) electrons. The van der Waals surface area contributed by atoms with Crippen molar-refractivity contribution in [1.29, 1.82) is 0 Å². The number of methoxy groups -OCH3 is 1. The fourth-order valence-corrected chi connectivity index (χ4v) is 2.92. The van der Waals surface area contributed by atoms with Gasteiger partial charge in [0.15, 0.2) is 0 Å². The van der Waals surface area contributed by atoms with E-state index in [4.69, 9.17) is 14.0 Å². The lowest BCUT2D eigenvalue weighted by atomic mass is 10.2. The Morgan fingerprint density at radius 3 is 2.74 bits per heavy atom. The molecule has 0 spiro atoms. The van der Waals surface area contributed by atoms with E-state index in [-0.39, 0.29) is 5.91 Å². The molecule has 3 rings (SSSR count). The van der Waals surface area contributed by atoms with Gasteiger partial charge in [-0.1, -0.05) is 27.2 Å². The van der Waals surface area contributed by atoms with E-state index in [1.165, 1.54) is 0 Å². The van der Waals surface area contributed by atoms with Crippen molar-refractivity contribution in [3.8, 4) is 11.5 Å². The number of amides is 1. The van der Waals surface area contributed by atoms with Crippen LogP contribution in [0.2, 0.25) is 0 Å². The fourth-order valence-electron chi connectivity index (χ4n) is 2.56. The summed E-state index contributed by atoms with van der Waals surface area (Å²) >= 11 is 3.39. The minimum Gasteiger partial charge on any atom is -0.495 e. The third-order valence-corrected chi connectivity index (χ3v) is 4.56. The lowest BCUT2D eigenvalue weighted by molar-refractivity contribution is 0.102. The molecule has 0 aliphatic rings. The van der Waals surface area contributed by atoms with E-state index in [0.29, 0.717) is 29.4 Å². The molecule has 140 valence electrons. The van der Waals surface area contributed by atoms with Gasteiger partial charge in [-0.25, -0.2) is 0 Å². The largest absolute Gasteiger partial charge is 0.495 e. The minimum atomic E-state index is -0.255. The number of anilines is 1. The molecule has 1 N–H and O–H groups in total. The normalized spacial score (nSPS) is 10.5. The first kappa shape index (κ1) is 19.0. The average Bonchev–Trinajstić information content (AvgIpc) is 2.98. The second-order valence-electron chi connectivity index (χ2n) is 5.92. The SMILES string of the molecule is COc1ccc(Br)cc1NC(=O)c1cccc(OCc2c(C)noc2C)c1. The molecular formula is C20H19BrN2O4. The van der Waals surface area contributed by atoms with E-state index in [1.807, 2.05) is 19.9 Å². The van der Waals surface area contributed by atoms with Crippen LogP contribution in [0, 0.1) is 13.8 Å². The minimum absolute atomic E-state index is 0.255. The summed E-state index contributed by atoms with van der Waals surface area (Å²) in [5.74, 6) is 1.64. The molecule has 0 saturated carbocycles. The number of carbonyl (C=O) groups is 1. The van der Waals surface area contributed by atoms with Crippen molar-refractivity contribution in [2.45, 2.75) is 20.5 Å². The van der Waals surface area contributed by atoms with Gasteiger partial charge in [-0.3, -0.25) is 4.79 Å². The molecule has 27 heavy (non-hydrogen) atoms. The highest BCUT2D eigenvalue weighted by Gasteiger charge is 2.13. The summed E-state index contributed by atoms with van der Waals surface area (Å²) in [6, 6.07) is 12.4. The van der Waals surface area contributed by atoms with Crippen LogP contribution in [-0.2, 0) is 6.61 Å². The standard InChI is InChI=1S/C20H19BrN2O4/c1-12-17(13(2)27-23-12)11-26-16-6-4-5-14(9-16)20(24)22-18-10-15(21)7-8-19(18)25-3/h4-10H,11H2,1-3H3,(H,22,24). The van der Waals surface area contributed by atoms with Crippen LogP contribution in [0.25, 0.3) is 0 Å². The van der Waals surface area contributed by atoms with Gasteiger partial charge in [0, 0.05) is 10.0 Å². The summed E-state index contributed by atoms with van der Waals surface area (Å²) in [5.41, 5.74) is 2.76. The molecule has 0 aliphatic carbocycles. The summed E-state index contributed by atoms with van der Waals surface area (Å²) in [6.45, 7) is 4.03. The molecule has 0 fully saturated rings. The molecule has 2 aromatic carbocycles. The summed E-state index contributed by atoms with van der Waals surface area (Å²) in [5, 5.41) is 6.77. The number of carbonyl (C=O) groups excluding carboxylic acids is 1. The van der Waals surface area contributed by atoms with E-state index in [2.05, 4.69) is 26.4 Å². The van der Waals surface area contributed by atoms with Crippen LogP contribution in [0.1, 0.15) is 27.4 Å². The average molecular weight is 431 g/mol. The Morgan fingerprint density at radius 1 is 1.22 bits per heavy atom. The van der Waals surface area contributed by atoms with Gasteiger partial charge >= 0.3 is 0 Å². The maximum absolute atomic E-state index is 12.6. The molecule has 7 heteroatoms. The van der Waals surface area contributed by atoms with Crippen molar-refractivity contribution in [2.24, 2.45) is 0 Å². The number of ether oxygens (including phenoxy) is 2. The van der Waals surface area contributed by atoms with Crippen LogP contribution in [0.15, 0.2) is 51.5 Å². The molecule has 3 aromatic rings. The number of aryl methyl sites for hydroxylation is 2. The Balaban J connectivity index is 1.73. The number of rotatable bonds is 6. The van der Waals surface area contributed by atoms with Crippen molar-refractivity contribution in [3.63, 3.8) is 0 Å².